The standard InChI is InChI=1S/C22H33N3O3/c1-27-20-4-2-19(3-5-20)6-9-24-10-7-22(18-24)8-11-25(21(22)26)13-12-23-14-16-28-17-15-23/h2-5H,6-18H2,1H3. The monoisotopic (exact) mass is 387 g/mol. The van der Waals surface area contributed by atoms with Crippen molar-refractivity contribution in [2.24, 2.45) is 5.41 Å². The zero-order chi connectivity index (χ0) is 19.4. The topological polar surface area (TPSA) is 45.2 Å². The van der Waals surface area contributed by atoms with Gasteiger partial charge in [0.05, 0.1) is 25.7 Å². The number of morpholine rings is 1. The fourth-order valence-electron chi connectivity index (χ4n) is 4.80. The molecule has 0 aliphatic carbocycles. The molecular formula is C22H33N3O3. The van der Waals surface area contributed by atoms with E-state index in [-0.39, 0.29) is 5.41 Å². The second-order valence-electron chi connectivity index (χ2n) is 8.40. The van der Waals surface area contributed by atoms with Crippen LogP contribution in [-0.4, -0.2) is 93.3 Å². The lowest BCUT2D eigenvalue weighted by Gasteiger charge is -2.29. The number of methoxy groups -OCH3 is 1. The molecule has 1 spiro atoms. The highest BCUT2D eigenvalue weighted by atomic mass is 16.5. The molecule has 6 heteroatoms. The number of nitrogens with zero attached hydrogens (tertiary/aromatic N) is 3. The number of hydrogen-bond donors (Lipinski definition) is 0. The zero-order valence-electron chi connectivity index (χ0n) is 17.1. The van der Waals surface area contributed by atoms with Gasteiger partial charge in [-0.2, -0.15) is 0 Å². The van der Waals surface area contributed by atoms with Gasteiger partial charge in [0.2, 0.25) is 5.91 Å². The average Bonchev–Trinajstić information content (AvgIpc) is 3.30. The van der Waals surface area contributed by atoms with E-state index in [1.54, 1.807) is 7.11 Å². The third-order valence-corrected chi connectivity index (χ3v) is 6.70. The van der Waals surface area contributed by atoms with Gasteiger partial charge in [0.15, 0.2) is 0 Å². The molecule has 4 rings (SSSR count). The minimum atomic E-state index is -0.120. The van der Waals surface area contributed by atoms with Crippen LogP contribution in [0.5, 0.6) is 5.75 Å². The molecule has 1 amide bonds. The first kappa shape index (κ1) is 19.7. The van der Waals surface area contributed by atoms with Crippen LogP contribution in [0.2, 0.25) is 0 Å². The summed E-state index contributed by atoms with van der Waals surface area (Å²) < 4.78 is 10.6. The SMILES string of the molecule is COc1ccc(CCN2CCC3(CCN(CCN4CCOCC4)C3=O)C2)cc1. The molecule has 3 fully saturated rings. The van der Waals surface area contributed by atoms with Crippen molar-refractivity contribution in [2.75, 3.05) is 72.7 Å². The summed E-state index contributed by atoms with van der Waals surface area (Å²) in [7, 11) is 1.70. The number of amides is 1. The molecule has 0 aromatic heterocycles. The molecule has 0 bridgehead atoms. The van der Waals surface area contributed by atoms with Crippen LogP contribution in [-0.2, 0) is 16.0 Å². The van der Waals surface area contributed by atoms with Gasteiger partial charge in [-0.25, -0.2) is 0 Å². The lowest BCUT2D eigenvalue weighted by atomic mass is 9.85. The fourth-order valence-corrected chi connectivity index (χ4v) is 4.80. The number of carbonyl (C=O) groups is 1. The predicted octanol–water partition coefficient (Wildman–Crippen LogP) is 1.49. The number of hydrogen-bond acceptors (Lipinski definition) is 5. The van der Waals surface area contributed by atoms with E-state index in [2.05, 4.69) is 26.8 Å². The van der Waals surface area contributed by atoms with Crippen molar-refractivity contribution in [3.63, 3.8) is 0 Å². The minimum absolute atomic E-state index is 0.120. The van der Waals surface area contributed by atoms with Crippen molar-refractivity contribution in [1.29, 1.82) is 0 Å². The first-order valence-corrected chi connectivity index (χ1v) is 10.6. The van der Waals surface area contributed by atoms with Crippen LogP contribution >= 0.6 is 0 Å². The van der Waals surface area contributed by atoms with Gasteiger partial charge in [-0.05, 0) is 43.5 Å². The van der Waals surface area contributed by atoms with Crippen LogP contribution in [0.15, 0.2) is 24.3 Å². The molecule has 28 heavy (non-hydrogen) atoms. The van der Waals surface area contributed by atoms with Gasteiger partial charge in [-0.1, -0.05) is 12.1 Å². The second-order valence-corrected chi connectivity index (χ2v) is 8.40. The van der Waals surface area contributed by atoms with Gasteiger partial charge in [0.25, 0.3) is 0 Å². The molecule has 154 valence electrons. The Hall–Kier alpha value is -1.63. The molecule has 3 heterocycles. The van der Waals surface area contributed by atoms with Gasteiger partial charge in [0, 0.05) is 45.8 Å². The second kappa shape index (κ2) is 8.80. The molecular weight excluding hydrogens is 354 g/mol. The summed E-state index contributed by atoms with van der Waals surface area (Å²) in [6.45, 7) is 9.39. The molecule has 1 unspecified atom stereocenters. The van der Waals surface area contributed by atoms with Crippen LogP contribution in [0.25, 0.3) is 0 Å². The maximum atomic E-state index is 13.1. The minimum Gasteiger partial charge on any atom is -0.497 e. The molecule has 3 saturated heterocycles. The Morgan fingerprint density at radius 2 is 1.71 bits per heavy atom. The quantitative estimate of drug-likeness (QED) is 0.709. The Bertz CT molecular complexity index is 659. The average molecular weight is 388 g/mol. The summed E-state index contributed by atoms with van der Waals surface area (Å²) >= 11 is 0. The summed E-state index contributed by atoms with van der Waals surface area (Å²) in [6.07, 6.45) is 3.06. The molecule has 3 aliphatic heterocycles. The summed E-state index contributed by atoms with van der Waals surface area (Å²) in [6, 6.07) is 8.32. The van der Waals surface area contributed by atoms with E-state index < -0.39 is 0 Å². The smallest absolute Gasteiger partial charge is 0.230 e. The molecule has 1 aromatic rings. The van der Waals surface area contributed by atoms with Gasteiger partial charge in [0.1, 0.15) is 5.75 Å². The number of rotatable bonds is 7. The molecule has 1 atom stereocenters. The van der Waals surface area contributed by atoms with Crippen molar-refractivity contribution in [3.05, 3.63) is 29.8 Å². The van der Waals surface area contributed by atoms with E-state index >= 15 is 0 Å². The van der Waals surface area contributed by atoms with Crippen LogP contribution in [0.1, 0.15) is 18.4 Å². The largest absolute Gasteiger partial charge is 0.497 e. The Morgan fingerprint density at radius 3 is 2.46 bits per heavy atom. The number of benzene rings is 1. The molecule has 0 N–H and O–H groups in total. The normalized spacial score (nSPS) is 26.5. The summed E-state index contributed by atoms with van der Waals surface area (Å²) in [4.78, 5) is 20.1. The van der Waals surface area contributed by atoms with Gasteiger partial charge in [-0.15, -0.1) is 0 Å². The molecule has 0 saturated carbocycles. The van der Waals surface area contributed by atoms with Crippen LogP contribution in [0.4, 0.5) is 0 Å². The van der Waals surface area contributed by atoms with E-state index in [9.17, 15) is 4.79 Å². The highest BCUT2D eigenvalue weighted by molar-refractivity contribution is 5.85. The molecule has 6 nitrogen and oxygen atoms in total. The highest BCUT2D eigenvalue weighted by Gasteiger charge is 2.50. The lowest BCUT2D eigenvalue weighted by Crippen LogP contribution is -2.43. The van der Waals surface area contributed by atoms with Crippen LogP contribution in [0.3, 0.4) is 0 Å². The van der Waals surface area contributed by atoms with E-state index in [4.69, 9.17) is 9.47 Å². The fraction of sp³-hybridized carbons (Fsp3) is 0.682. The van der Waals surface area contributed by atoms with E-state index in [0.29, 0.717) is 5.91 Å². The van der Waals surface area contributed by atoms with E-state index in [1.165, 1.54) is 5.56 Å². The Balaban J connectivity index is 1.24. The molecule has 1 aromatic carbocycles. The van der Waals surface area contributed by atoms with Gasteiger partial charge in [-0.3, -0.25) is 9.69 Å². The van der Waals surface area contributed by atoms with Crippen molar-refractivity contribution in [1.82, 2.24) is 14.7 Å². The van der Waals surface area contributed by atoms with E-state index in [1.807, 2.05) is 12.1 Å². The first-order valence-electron chi connectivity index (χ1n) is 10.6. The summed E-state index contributed by atoms with van der Waals surface area (Å²) in [5.41, 5.74) is 1.21. The van der Waals surface area contributed by atoms with Crippen LogP contribution < -0.4 is 4.74 Å². The Kier molecular flexibility index (Phi) is 6.19. The Morgan fingerprint density at radius 1 is 0.964 bits per heavy atom. The van der Waals surface area contributed by atoms with Crippen LogP contribution in [0, 0.1) is 5.41 Å². The van der Waals surface area contributed by atoms with Crippen molar-refractivity contribution in [2.45, 2.75) is 19.3 Å². The lowest BCUT2D eigenvalue weighted by molar-refractivity contribution is -0.135. The Labute approximate surface area is 168 Å². The van der Waals surface area contributed by atoms with Crippen molar-refractivity contribution < 1.29 is 14.3 Å². The highest BCUT2D eigenvalue weighted by Crippen LogP contribution is 2.40. The number of likely N-dealkylation sites (tertiary alicyclic amines) is 2. The third kappa shape index (κ3) is 4.34. The van der Waals surface area contributed by atoms with Gasteiger partial charge >= 0.3 is 0 Å². The maximum absolute atomic E-state index is 13.1. The van der Waals surface area contributed by atoms with Crippen molar-refractivity contribution in [3.8, 4) is 5.75 Å². The summed E-state index contributed by atoms with van der Waals surface area (Å²) in [5, 5.41) is 0. The molecule has 3 aliphatic rings. The number of carbonyl (C=O) groups excluding carboxylic acids is 1. The first-order chi connectivity index (χ1) is 13.7. The third-order valence-electron chi connectivity index (χ3n) is 6.70. The maximum Gasteiger partial charge on any atom is 0.230 e. The summed E-state index contributed by atoms with van der Waals surface area (Å²) in [5.74, 6) is 1.30. The van der Waals surface area contributed by atoms with E-state index in [0.717, 1.165) is 90.6 Å². The van der Waals surface area contributed by atoms with Gasteiger partial charge < -0.3 is 19.3 Å². The predicted molar refractivity (Wildman–Crippen MR) is 109 cm³/mol. The number of ether oxygens (including phenoxy) is 2. The zero-order valence-corrected chi connectivity index (χ0v) is 17.1. The van der Waals surface area contributed by atoms with Crippen molar-refractivity contribution >= 4 is 5.91 Å². The molecule has 0 radical (unpaired) electrons.